The van der Waals surface area contributed by atoms with E-state index in [4.69, 9.17) is 14.2 Å². The largest absolute Gasteiger partial charge is 0.507 e. The van der Waals surface area contributed by atoms with E-state index >= 15 is 0 Å². The highest BCUT2D eigenvalue weighted by atomic mass is 32.1. The molecular formula is C29H24N2O6S. The number of carbonyl (C=O) groups is 2. The van der Waals surface area contributed by atoms with Crippen LogP contribution < -0.4 is 19.1 Å². The zero-order valence-corrected chi connectivity index (χ0v) is 21.7. The topological polar surface area (TPSA) is 98.2 Å². The van der Waals surface area contributed by atoms with Crippen molar-refractivity contribution in [1.82, 2.24) is 4.98 Å². The molecule has 0 spiro atoms. The molecule has 38 heavy (non-hydrogen) atoms. The van der Waals surface area contributed by atoms with Crippen molar-refractivity contribution >= 4 is 44.1 Å². The maximum absolute atomic E-state index is 13.5. The Hall–Kier alpha value is -4.37. The second-order valence-corrected chi connectivity index (χ2v) is 10.2. The summed E-state index contributed by atoms with van der Waals surface area (Å²) in [5.41, 5.74) is 2.66. The molecule has 1 aromatic heterocycles. The number of aromatic nitrogens is 1. The number of ether oxygens (including phenoxy) is 3. The van der Waals surface area contributed by atoms with Crippen LogP contribution in [0.4, 0.5) is 5.13 Å². The van der Waals surface area contributed by atoms with Crippen LogP contribution in [0.1, 0.15) is 29.7 Å². The normalized spacial score (nSPS) is 20.0. The number of nitrogens with zero attached hydrogens (tertiary/aromatic N) is 2. The fraction of sp³-hybridized carbons (Fsp3) is 0.207. The van der Waals surface area contributed by atoms with Crippen molar-refractivity contribution in [2.75, 3.05) is 19.1 Å². The van der Waals surface area contributed by atoms with Gasteiger partial charge in [0.15, 0.2) is 5.13 Å². The molecule has 1 amide bonds. The summed E-state index contributed by atoms with van der Waals surface area (Å²) in [6, 6.07) is 16.9. The number of hydrogen-bond acceptors (Lipinski definition) is 8. The predicted molar refractivity (Wildman–Crippen MR) is 144 cm³/mol. The Morgan fingerprint density at radius 3 is 2.63 bits per heavy atom. The fourth-order valence-electron chi connectivity index (χ4n) is 5.00. The molecule has 0 aliphatic carbocycles. The smallest absolute Gasteiger partial charge is 0.301 e. The average Bonchev–Trinajstić information content (AvgIpc) is 3.59. The molecule has 192 valence electrons. The van der Waals surface area contributed by atoms with E-state index in [1.54, 1.807) is 62.8 Å². The Morgan fingerprint density at radius 2 is 1.84 bits per heavy atom. The number of carbonyl (C=O) groups excluding carboxylic acids is 2. The van der Waals surface area contributed by atoms with Crippen LogP contribution in [0.15, 0.2) is 66.2 Å². The van der Waals surface area contributed by atoms with Gasteiger partial charge in [0.2, 0.25) is 0 Å². The summed E-state index contributed by atoms with van der Waals surface area (Å²) in [6.07, 6.45) is 0.724. The number of ketones is 1. The molecule has 0 bridgehead atoms. The van der Waals surface area contributed by atoms with Crippen molar-refractivity contribution in [2.24, 2.45) is 0 Å². The SMILES string of the molecule is COc1cccc([C@@H]2/C(=C(\O)c3ccc4c(c3)C[C@@H](C)O4)C(=O)C(=O)N2c2nc3ccc(OC)cc3s2)c1. The summed E-state index contributed by atoms with van der Waals surface area (Å²) in [7, 11) is 3.13. The van der Waals surface area contributed by atoms with Gasteiger partial charge in [-0.2, -0.15) is 0 Å². The van der Waals surface area contributed by atoms with Crippen LogP contribution in [-0.2, 0) is 16.0 Å². The van der Waals surface area contributed by atoms with E-state index in [1.165, 1.54) is 16.2 Å². The third-order valence-electron chi connectivity index (χ3n) is 6.81. The van der Waals surface area contributed by atoms with E-state index in [9.17, 15) is 14.7 Å². The molecule has 2 aliphatic heterocycles. The van der Waals surface area contributed by atoms with Gasteiger partial charge in [0, 0.05) is 12.0 Å². The van der Waals surface area contributed by atoms with Crippen molar-refractivity contribution in [2.45, 2.75) is 25.5 Å². The maximum Gasteiger partial charge on any atom is 0.301 e. The lowest BCUT2D eigenvalue weighted by atomic mass is 9.94. The summed E-state index contributed by atoms with van der Waals surface area (Å²) in [6.45, 7) is 1.97. The van der Waals surface area contributed by atoms with E-state index in [1.807, 2.05) is 19.1 Å². The number of aliphatic hydroxyl groups is 1. The number of Topliss-reactive ketones (excluding diaryl/α,β-unsaturated/α-hetero) is 1. The van der Waals surface area contributed by atoms with Gasteiger partial charge in [-0.1, -0.05) is 23.5 Å². The van der Waals surface area contributed by atoms with Gasteiger partial charge in [-0.15, -0.1) is 0 Å². The highest BCUT2D eigenvalue weighted by Crippen LogP contribution is 2.45. The molecule has 8 nitrogen and oxygen atoms in total. The van der Waals surface area contributed by atoms with E-state index in [-0.39, 0.29) is 17.4 Å². The van der Waals surface area contributed by atoms with Crippen LogP contribution in [0.2, 0.25) is 0 Å². The molecule has 0 saturated carbocycles. The number of fused-ring (bicyclic) bond motifs is 2. The molecule has 1 fully saturated rings. The average molecular weight is 529 g/mol. The van der Waals surface area contributed by atoms with E-state index in [0.717, 1.165) is 16.0 Å². The van der Waals surface area contributed by atoms with Crippen molar-refractivity contribution in [1.29, 1.82) is 0 Å². The summed E-state index contributed by atoms with van der Waals surface area (Å²) in [5.74, 6) is 0.188. The Labute approximate surface area is 222 Å². The number of methoxy groups -OCH3 is 2. The van der Waals surface area contributed by atoms with Crippen LogP contribution in [0.25, 0.3) is 16.0 Å². The number of aliphatic hydroxyl groups excluding tert-OH is 1. The molecule has 2 aliphatic rings. The van der Waals surface area contributed by atoms with Crippen LogP contribution in [-0.4, -0.2) is 42.1 Å². The molecule has 6 rings (SSSR count). The predicted octanol–water partition coefficient (Wildman–Crippen LogP) is 5.26. The van der Waals surface area contributed by atoms with Crippen molar-refractivity contribution in [3.63, 3.8) is 0 Å². The summed E-state index contributed by atoms with van der Waals surface area (Å²) in [4.78, 5) is 33.1. The van der Waals surface area contributed by atoms with Gasteiger partial charge in [0.25, 0.3) is 5.78 Å². The quantitative estimate of drug-likeness (QED) is 0.214. The van der Waals surface area contributed by atoms with E-state index in [0.29, 0.717) is 39.7 Å². The van der Waals surface area contributed by atoms with E-state index < -0.39 is 17.7 Å². The van der Waals surface area contributed by atoms with Gasteiger partial charge >= 0.3 is 5.91 Å². The van der Waals surface area contributed by atoms with Crippen molar-refractivity contribution < 1.29 is 28.9 Å². The highest BCUT2D eigenvalue weighted by Gasteiger charge is 2.48. The molecular weight excluding hydrogens is 504 g/mol. The molecule has 4 aromatic rings. The second kappa shape index (κ2) is 9.18. The molecule has 1 saturated heterocycles. The zero-order valence-electron chi connectivity index (χ0n) is 20.9. The lowest BCUT2D eigenvalue weighted by Gasteiger charge is -2.23. The molecule has 0 radical (unpaired) electrons. The van der Waals surface area contributed by atoms with Crippen molar-refractivity contribution in [3.8, 4) is 17.2 Å². The number of benzene rings is 3. The lowest BCUT2D eigenvalue weighted by molar-refractivity contribution is -0.132. The van der Waals surface area contributed by atoms with Gasteiger partial charge in [0.1, 0.15) is 29.1 Å². The second-order valence-electron chi connectivity index (χ2n) is 9.23. The number of anilines is 1. The first-order chi connectivity index (χ1) is 18.4. The van der Waals surface area contributed by atoms with Gasteiger partial charge in [-0.05, 0) is 66.6 Å². The Balaban J connectivity index is 1.53. The van der Waals surface area contributed by atoms with Gasteiger partial charge < -0.3 is 19.3 Å². The summed E-state index contributed by atoms with van der Waals surface area (Å²) in [5, 5.41) is 11.9. The van der Waals surface area contributed by atoms with Gasteiger partial charge in [0.05, 0.1) is 36.1 Å². The molecule has 3 aromatic carbocycles. The van der Waals surface area contributed by atoms with Gasteiger partial charge in [-0.25, -0.2) is 4.98 Å². The first-order valence-corrected chi connectivity index (χ1v) is 12.9. The number of amides is 1. The minimum atomic E-state index is -0.906. The zero-order chi connectivity index (χ0) is 26.6. The highest BCUT2D eigenvalue weighted by molar-refractivity contribution is 7.22. The van der Waals surface area contributed by atoms with E-state index in [2.05, 4.69) is 4.98 Å². The summed E-state index contributed by atoms with van der Waals surface area (Å²) < 4.78 is 17.3. The minimum absolute atomic E-state index is 0.00740. The summed E-state index contributed by atoms with van der Waals surface area (Å²) >= 11 is 1.27. The molecule has 0 unspecified atom stereocenters. The molecule has 2 atom stereocenters. The Bertz CT molecular complexity index is 1640. The first kappa shape index (κ1) is 24.0. The van der Waals surface area contributed by atoms with Crippen LogP contribution in [0, 0.1) is 0 Å². The molecule has 3 heterocycles. The van der Waals surface area contributed by atoms with Gasteiger partial charge in [-0.3, -0.25) is 14.5 Å². The first-order valence-electron chi connectivity index (χ1n) is 12.1. The Kier molecular flexibility index (Phi) is 5.80. The monoisotopic (exact) mass is 528 g/mol. The number of hydrogen-bond donors (Lipinski definition) is 1. The third-order valence-corrected chi connectivity index (χ3v) is 7.83. The third kappa shape index (κ3) is 3.86. The maximum atomic E-state index is 13.5. The number of rotatable bonds is 5. The van der Waals surface area contributed by atoms with Crippen LogP contribution in [0.5, 0.6) is 17.2 Å². The van der Waals surface area contributed by atoms with Crippen molar-refractivity contribution in [3.05, 3.63) is 82.9 Å². The standard InChI is InChI=1S/C29H24N2O6S/c1-15-11-18-12-17(7-10-22(18)37-15)26(32)24-25(16-5-4-6-19(13-16)35-2)31(28(34)27(24)33)29-30-21-9-8-20(36-3)14-23(21)38-29/h4-10,12-15,25,32H,11H2,1-3H3/b26-24+/t15-,25-/m1/s1. The molecule has 9 heteroatoms. The van der Waals surface area contributed by atoms with Crippen LogP contribution >= 0.6 is 11.3 Å². The molecule has 1 N–H and O–H groups in total. The van der Waals surface area contributed by atoms with Crippen LogP contribution in [0.3, 0.4) is 0 Å². The number of thiazole rings is 1. The Morgan fingerprint density at radius 1 is 1.05 bits per heavy atom. The minimum Gasteiger partial charge on any atom is -0.507 e. The lowest BCUT2D eigenvalue weighted by Crippen LogP contribution is -2.29. The fourth-order valence-corrected chi connectivity index (χ4v) is 6.03.